The number of nitrogens with one attached hydrogen (secondary N) is 2. The SMILES string of the molecule is CC1=C(C(=O)Nc2ccc(C)cc2C)[C@@H](c2ccsc2)n2nnnc2N1. The van der Waals surface area contributed by atoms with Gasteiger partial charge in [-0.15, -0.1) is 0 Å². The minimum absolute atomic E-state index is 0.167. The summed E-state index contributed by atoms with van der Waals surface area (Å²) in [6, 6.07) is 7.59. The van der Waals surface area contributed by atoms with Gasteiger partial charge in [-0.25, -0.2) is 0 Å². The van der Waals surface area contributed by atoms with Crippen molar-refractivity contribution in [2.45, 2.75) is 26.8 Å². The molecule has 3 heterocycles. The molecule has 0 radical (unpaired) electrons. The van der Waals surface area contributed by atoms with Crippen molar-refractivity contribution < 1.29 is 4.79 Å². The van der Waals surface area contributed by atoms with Crippen molar-refractivity contribution in [3.05, 3.63) is 63.0 Å². The Labute approximate surface area is 154 Å². The Morgan fingerprint density at radius 3 is 2.85 bits per heavy atom. The highest BCUT2D eigenvalue weighted by Crippen LogP contribution is 2.35. The number of tetrazole rings is 1. The second kappa shape index (κ2) is 6.38. The molecule has 132 valence electrons. The Hall–Kier alpha value is -3.00. The molecule has 1 aliphatic heterocycles. The molecular weight excluding hydrogens is 348 g/mol. The van der Waals surface area contributed by atoms with Gasteiger partial charge in [0.2, 0.25) is 5.95 Å². The smallest absolute Gasteiger partial charge is 0.255 e. The molecule has 1 aromatic carbocycles. The van der Waals surface area contributed by atoms with Gasteiger partial charge < -0.3 is 10.6 Å². The maximum Gasteiger partial charge on any atom is 0.255 e. The van der Waals surface area contributed by atoms with Crippen LogP contribution in [-0.4, -0.2) is 26.1 Å². The van der Waals surface area contributed by atoms with Gasteiger partial charge in [-0.05, 0) is 65.2 Å². The molecule has 0 bridgehead atoms. The predicted molar refractivity (Wildman–Crippen MR) is 101 cm³/mol. The normalized spacial score (nSPS) is 16.2. The van der Waals surface area contributed by atoms with E-state index >= 15 is 0 Å². The largest absolute Gasteiger partial charge is 0.326 e. The van der Waals surface area contributed by atoms with Crippen LogP contribution in [-0.2, 0) is 4.79 Å². The number of allylic oxidation sites excluding steroid dienone is 1. The zero-order valence-electron chi connectivity index (χ0n) is 14.6. The molecular formula is C18H18N6OS. The lowest BCUT2D eigenvalue weighted by atomic mass is 9.97. The summed E-state index contributed by atoms with van der Waals surface area (Å²) >= 11 is 1.58. The maximum absolute atomic E-state index is 13.2. The fraction of sp³-hybridized carbons (Fsp3) is 0.222. The molecule has 26 heavy (non-hydrogen) atoms. The third-order valence-corrected chi connectivity index (χ3v) is 5.15. The molecule has 0 spiro atoms. The van der Waals surface area contributed by atoms with Gasteiger partial charge in [-0.1, -0.05) is 22.8 Å². The minimum Gasteiger partial charge on any atom is -0.326 e. The molecule has 0 unspecified atom stereocenters. The van der Waals surface area contributed by atoms with Crippen LogP contribution >= 0.6 is 11.3 Å². The molecule has 0 fully saturated rings. The third-order valence-electron chi connectivity index (χ3n) is 4.45. The number of aryl methyl sites for hydroxylation is 2. The van der Waals surface area contributed by atoms with Crippen LogP contribution in [0.3, 0.4) is 0 Å². The summed E-state index contributed by atoms with van der Waals surface area (Å²) in [6.07, 6.45) is 0. The first kappa shape index (κ1) is 16.5. The number of amides is 1. The first-order valence-corrected chi connectivity index (χ1v) is 9.15. The van der Waals surface area contributed by atoms with Crippen molar-refractivity contribution in [1.29, 1.82) is 0 Å². The maximum atomic E-state index is 13.2. The highest BCUT2D eigenvalue weighted by molar-refractivity contribution is 7.08. The van der Waals surface area contributed by atoms with Gasteiger partial charge in [0.05, 0.1) is 5.57 Å². The molecule has 8 heteroatoms. The summed E-state index contributed by atoms with van der Waals surface area (Å²) in [5, 5.41) is 22.0. The number of benzene rings is 1. The van der Waals surface area contributed by atoms with Crippen molar-refractivity contribution in [3.63, 3.8) is 0 Å². The Morgan fingerprint density at radius 2 is 2.12 bits per heavy atom. The second-order valence-electron chi connectivity index (χ2n) is 6.34. The van der Waals surface area contributed by atoms with Gasteiger partial charge in [0.15, 0.2) is 0 Å². The van der Waals surface area contributed by atoms with Crippen LogP contribution < -0.4 is 10.6 Å². The Morgan fingerprint density at radius 1 is 1.27 bits per heavy atom. The minimum atomic E-state index is -0.363. The topological polar surface area (TPSA) is 84.7 Å². The van der Waals surface area contributed by atoms with E-state index in [0.717, 1.165) is 28.1 Å². The van der Waals surface area contributed by atoms with Crippen LogP contribution in [0.1, 0.15) is 29.7 Å². The van der Waals surface area contributed by atoms with E-state index in [1.165, 1.54) is 0 Å². The van der Waals surface area contributed by atoms with Crippen LogP contribution in [0.15, 0.2) is 46.3 Å². The van der Waals surface area contributed by atoms with Crippen LogP contribution in [0.4, 0.5) is 11.6 Å². The van der Waals surface area contributed by atoms with Crippen molar-refractivity contribution in [2.75, 3.05) is 10.6 Å². The van der Waals surface area contributed by atoms with Gasteiger partial charge in [-0.3, -0.25) is 4.79 Å². The summed E-state index contributed by atoms with van der Waals surface area (Å²) in [4.78, 5) is 13.2. The summed E-state index contributed by atoms with van der Waals surface area (Å²) in [7, 11) is 0. The van der Waals surface area contributed by atoms with Crippen LogP contribution in [0.5, 0.6) is 0 Å². The quantitative estimate of drug-likeness (QED) is 0.743. The fourth-order valence-electron chi connectivity index (χ4n) is 3.19. The number of carbonyl (C=O) groups excluding carboxylic acids is 1. The lowest BCUT2D eigenvalue weighted by molar-refractivity contribution is -0.113. The van der Waals surface area contributed by atoms with Crippen molar-refractivity contribution in [1.82, 2.24) is 20.2 Å². The molecule has 1 atom stereocenters. The fourth-order valence-corrected chi connectivity index (χ4v) is 3.87. The number of hydrogen-bond acceptors (Lipinski definition) is 6. The van der Waals surface area contributed by atoms with E-state index < -0.39 is 0 Å². The molecule has 1 aliphatic rings. The van der Waals surface area contributed by atoms with Crippen LogP contribution in [0, 0.1) is 13.8 Å². The monoisotopic (exact) mass is 366 g/mol. The standard InChI is InChI=1S/C18H18N6OS/c1-10-4-5-14(11(2)8-10)20-17(25)15-12(3)19-18-21-22-23-24(18)16(15)13-6-7-26-9-13/h4-9,16H,1-3H3,(H,20,25)(H,19,21,23)/t16-/m1/s1. The van der Waals surface area contributed by atoms with Gasteiger partial charge in [0.25, 0.3) is 5.91 Å². The van der Waals surface area contributed by atoms with E-state index in [9.17, 15) is 4.79 Å². The van der Waals surface area contributed by atoms with E-state index in [4.69, 9.17) is 0 Å². The van der Waals surface area contributed by atoms with Crippen LogP contribution in [0.25, 0.3) is 0 Å². The van der Waals surface area contributed by atoms with Crippen molar-refractivity contribution in [3.8, 4) is 0 Å². The number of aromatic nitrogens is 4. The first-order chi connectivity index (χ1) is 12.5. The zero-order valence-corrected chi connectivity index (χ0v) is 15.5. The number of rotatable bonds is 3. The highest BCUT2D eigenvalue weighted by Gasteiger charge is 2.34. The van der Waals surface area contributed by atoms with Crippen molar-refractivity contribution in [2.24, 2.45) is 0 Å². The lowest BCUT2D eigenvalue weighted by Crippen LogP contribution is -2.31. The van der Waals surface area contributed by atoms with Gasteiger partial charge in [0, 0.05) is 11.4 Å². The average Bonchev–Trinajstić information content (AvgIpc) is 3.27. The average molecular weight is 366 g/mol. The second-order valence-corrected chi connectivity index (χ2v) is 7.12. The van der Waals surface area contributed by atoms with Gasteiger partial charge in [-0.2, -0.15) is 16.0 Å². The highest BCUT2D eigenvalue weighted by atomic mass is 32.1. The van der Waals surface area contributed by atoms with E-state index in [2.05, 4.69) is 26.2 Å². The van der Waals surface area contributed by atoms with Crippen LogP contribution in [0.2, 0.25) is 0 Å². The molecule has 1 amide bonds. The Balaban J connectivity index is 1.74. The Bertz CT molecular complexity index is 1000. The summed E-state index contributed by atoms with van der Waals surface area (Å²) in [5.74, 6) is 0.362. The number of anilines is 2. The van der Waals surface area contributed by atoms with Gasteiger partial charge >= 0.3 is 0 Å². The number of fused-ring (bicyclic) bond motifs is 1. The number of hydrogen-bond donors (Lipinski definition) is 2. The predicted octanol–water partition coefficient (Wildman–Crippen LogP) is 3.28. The summed E-state index contributed by atoms with van der Waals surface area (Å²) in [6.45, 7) is 5.88. The number of nitrogens with zero attached hydrogens (tertiary/aromatic N) is 4. The molecule has 7 nitrogen and oxygen atoms in total. The van der Waals surface area contributed by atoms with Crippen molar-refractivity contribution >= 4 is 28.9 Å². The van der Waals surface area contributed by atoms with E-state index in [0.29, 0.717) is 11.5 Å². The molecule has 2 aromatic heterocycles. The van der Waals surface area contributed by atoms with Gasteiger partial charge in [0.1, 0.15) is 6.04 Å². The summed E-state index contributed by atoms with van der Waals surface area (Å²) < 4.78 is 1.64. The zero-order chi connectivity index (χ0) is 18.3. The van der Waals surface area contributed by atoms with E-state index in [1.54, 1.807) is 16.0 Å². The molecule has 3 aromatic rings. The number of thiophene rings is 1. The molecule has 4 rings (SSSR count). The number of carbonyl (C=O) groups is 1. The van der Waals surface area contributed by atoms with E-state index in [1.807, 2.05) is 55.8 Å². The molecule has 0 aliphatic carbocycles. The lowest BCUT2D eigenvalue weighted by Gasteiger charge is -2.27. The molecule has 2 N–H and O–H groups in total. The van der Waals surface area contributed by atoms with E-state index in [-0.39, 0.29) is 11.9 Å². The first-order valence-electron chi connectivity index (χ1n) is 8.21. The Kier molecular flexibility index (Phi) is 4.04. The molecule has 0 saturated carbocycles. The third kappa shape index (κ3) is 2.78. The summed E-state index contributed by atoms with van der Waals surface area (Å²) in [5.41, 5.74) is 5.30. The molecule has 0 saturated heterocycles.